The van der Waals surface area contributed by atoms with Crippen LogP contribution in [0, 0.1) is 0 Å². The first kappa shape index (κ1) is 13.5. The molecule has 0 bridgehead atoms. The number of ether oxygens (including phenoxy) is 1. The summed E-state index contributed by atoms with van der Waals surface area (Å²) in [6.07, 6.45) is -4.75. The molecule has 0 saturated carbocycles. The van der Waals surface area contributed by atoms with E-state index >= 15 is 0 Å². The van der Waals surface area contributed by atoms with Crippen LogP contribution < -0.4 is 4.74 Å². The molecule has 0 unspecified atom stereocenters. The van der Waals surface area contributed by atoms with E-state index < -0.39 is 6.36 Å². The zero-order valence-electron chi connectivity index (χ0n) is 9.41. The molecule has 0 amide bonds. The molecule has 0 aliphatic carbocycles. The maximum Gasteiger partial charge on any atom is 0.573 e. The third kappa shape index (κ3) is 3.32. The van der Waals surface area contributed by atoms with Gasteiger partial charge in [-0.2, -0.15) is 0 Å². The number of halogens is 4. The van der Waals surface area contributed by atoms with Crippen molar-refractivity contribution in [3.63, 3.8) is 0 Å². The first-order valence-electron chi connectivity index (χ1n) is 5.20. The van der Waals surface area contributed by atoms with Gasteiger partial charge in [-0.05, 0) is 23.8 Å². The number of aromatic hydroxyl groups is 1. The van der Waals surface area contributed by atoms with Gasteiger partial charge in [-0.25, -0.2) is 0 Å². The summed E-state index contributed by atoms with van der Waals surface area (Å²) in [5, 5.41) is 9.55. The van der Waals surface area contributed by atoms with Crippen LogP contribution in [0.3, 0.4) is 0 Å². The monoisotopic (exact) mass is 288 g/mol. The predicted molar refractivity (Wildman–Crippen MR) is 65.2 cm³/mol. The molecule has 0 radical (unpaired) electrons. The van der Waals surface area contributed by atoms with Crippen molar-refractivity contribution in [2.45, 2.75) is 6.36 Å². The second kappa shape index (κ2) is 5.01. The Morgan fingerprint density at radius 1 is 1.05 bits per heavy atom. The average Bonchev–Trinajstić information content (AvgIpc) is 2.31. The molecule has 1 N–H and O–H groups in total. The molecule has 0 heterocycles. The summed E-state index contributed by atoms with van der Waals surface area (Å²) in [6, 6.07) is 9.91. The topological polar surface area (TPSA) is 29.5 Å². The Bertz CT molecular complexity index is 597. The van der Waals surface area contributed by atoms with Crippen LogP contribution in [0.25, 0.3) is 11.1 Å². The van der Waals surface area contributed by atoms with E-state index in [0.717, 1.165) is 0 Å². The van der Waals surface area contributed by atoms with Crippen molar-refractivity contribution in [1.29, 1.82) is 0 Å². The molecule has 0 fully saturated rings. The summed E-state index contributed by atoms with van der Waals surface area (Å²) in [5.74, 6) is -0.481. The van der Waals surface area contributed by atoms with Crippen molar-refractivity contribution < 1.29 is 23.0 Å². The molecular weight excluding hydrogens is 281 g/mol. The SMILES string of the molecule is Oc1cccc(-c2cccc(OC(F)(F)F)c2)c1Cl. The number of rotatable bonds is 2. The van der Waals surface area contributed by atoms with Crippen molar-refractivity contribution in [2.75, 3.05) is 0 Å². The smallest absolute Gasteiger partial charge is 0.506 e. The molecule has 6 heteroatoms. The molecule has 0 aliphatic rings. The van der Waals surface area contributed by atoms with Crippen LogP contribution in [0.1, 0.15) is 0 Å². The number of phenols is 1. The van der Waals surface area contributed by atoms with E-state index in [2.05, 4.69) is 4.74 Å². The minimum atomic E-state index is -4.75. The van der Waals surface area contributed by atoms with E-state index in [0.29, 0.717) is 11.1 Å². The highest BCUT2D eigenvalue weighted by Crippen LogP contribution is 2.36. The summed E-state index contributed by atoms with van der Waals surface area (Å²) in [6.45, 7) is 0. The summed E-state index contributed by atoms with van der Waals surface area (Å²) >= 11 is 5.90. The lowest BCUT2D eigenvalue weighted by atomic mass is 10.1. The van der Waals surface area contributed by atoms with Crippen LogP contribution >= 0.6 is 11.6 Å². The van der Waals surface area contributed by atoms with Gasteiger partial charge >= 0.3 is 6.36 Å². The van der Waals surface area contributed by atoms with Gasteiger partial charge in [0, 0.05) is 5.56 Å². The minimum Gasteiger partial charge on any atom is -0.506 e. The average molecular weight is 289 g/mol. The number of hydrogen-bond donors (Lipinski definition) is 1. The third-order valence-electron chi connectivity index (χ3n) is 2.36. The van der Waals surface area contributed by atoms with Crippen molar-refractivity contribution in [2.24, 2.45) is 0 Å². The Morgan fingerprint density at radius 3 is 2.42 bits per heavy atom. The van der Waals surface area contributed by atoms with Crippen LogP contribution in [0.2, 0.25) is 5.02 Å². The maximum atomic E-state index is 12.1. The van der Waals surface area contributed by atoms with Crippen LogP contribution in [-0.4, -0.2) is 11.5 Å². The van der Waals surface area contributed by atoms with Gasteiger partial charge in [0.05, 0.1) is 5.02 Å². The van der Waals surface area contributed by atoms with Gasteiger partial charge in [0.2, 0.25) is 0 Å². The van der Waals surface area contributed by atoms with Gasteiger partial charge in [-0.1, -0.05) is 35.9 Å². The van der Waals surface area contributed by atoms with Crippen molar-refractivity contribution in [1.82, 2.24) is 0 Å². The van der Waals surface area contributed by atoms with Crippen molar-refractivity contribution in [3.8, 4) is 22.6 Å². The fourth-order valence-electron chi connectivity index (χ4n) is 1.60. The molecule has 0 aliphatic heterocycles. The second-order valence-electron chi connectivity index (χ2n) is 3.71. The number of alkyl halides is 3. The van der Waals surface area contributed by atoms with E-state index in [9.17, 15) is 18.3 Å². The standard InChI is InChI=1S/C13H8ClF3O2/c14-12-10(5-2-6-11(12)18)8-3-1-4-9(7-8)19-13(15,16)17/h1-7,18H. The quantitative estimate of drug-likeness (QED) is 0.874. The number of hydrogen-bond acceptors (Lipinski definition) is 2. The van der Waals surface area contributed by atoms with Crippen LogP contribution in [-0.2, 0) is 0 Å². The van der Waals surface area contributed by atoms with Gasteiger partial charge in [-0.15, -0.1) is 13.2 Å². The summed E-state index contributed by atoms with van der Waals surface area (Å²) in [5.41, 5.74) is 0.844. The normalized spacial score (nSPS) is 11.4. The molecule has 19 heavy (non-hydrogen) atoms. The highest BCUT2D eigenvalue weighted by molar-refractivity contribution is 6.34. The first-order chi connectivity index (χ1) is 8.87. The van der Waals surface area contributed by atoms with Gasteiger partial charge < -0.3 is 9.84 Å². The minimum absolute atomic E-state index is 0.0756. The van der Waals surface area contributed by atoms with E-state index in [1.54, 1.807) is 18.2 Å². The van der Waals surface area contributed by atoms with E-state index in [4.69, 9.17) is 11.6 Å². The Hall–Kier alpha value is -1.88. The molecule has 2 nitrogen and oxygen atoms in total. The summed E-state index contributed by atoms with van der Waals surface area (Å²) in [7, 11) is 0. The molecular formula is C13H8ClF3O2. The molecule has 2 aromatic carbocycles. The molecule has 2 aromatic rings. The molecule has 0 atom stereocenters. The van der Waals surface area contributed by atoms with Gasteiger partial charge in [0.25, 0.3) is 0 Å². The Morgan fingerprint density at radius 2 is 1.74 bits per heavy atom. The van der Waals surface area contributed by atoms with Crippen molar-refractivity contribution in [3.05, 3.63) is 47.5 Å². The lowest BCUT2D eigenvalue weighted by Gasteiger charge is -2.11. The fourth-order valence-corrected chi connectivity index (χ4v) is 1.84. The Labute approximate surface area is 112 Å². The molecule has 2 rings (SSSR count). The predicted octanol–water partition coefficient (Wildman–Crippen LogP) is 4.61. The van der Waals surface area contributed by atoms with Gasteiger partial charge in [0.1, 0.15) is 11.5 Å². The molecule has 0 aromatic heterocycles. The van der Waals surface area contributed by atoms with Gasteiger partial charge in [-0.3, -0.25) is 0 Å². The molecule has 100 valence electrons. The van der Waals surface area contributed by atoms with E-state index in [-0.39, 0.29) is 16.5 Å². The second-order valence-corrected chi connectivity index (χ2v) is 4.09. The van der Waals surface area contributed by atoms with Crippen LogP contribution in [0.5, 0.6) is 11.5 Å². The lowest BCUT2D eigenvalue weighted by molar-refractivity contribution is -0.274. The summed E-state index contributed by atoms with van der Waals surface area (Å²) in [4.78, 5) is 0. The fraction of sp³-hybridized carbons (Fsp3) is 0.0769. The number of benzene rings is 2. The van der Waals surface area contributed by atoms with E-state index in [1.165, 1.54) is 24.3 Å². The Balaban J connectivity index is 2.41. The number of phenolic OH excluding ortho intramolecular Hbond substituents is 1. The van der Waals surface area contributed by atoms with Crippen molar-refractivity contribution >= 4 is 11.6 Å². The first-order valence-corrected chi connectivity index (χ1v) is 5.58. The van der Waals surface area contributed by atoms with E-state index in [1.807, 2.05) is 0 Å². The largest absolute Gasteiger partial charge is 0.573 e. The highest BCUT2D eigenvalue weighted by atomic mass is 35.5. The Kier molecular flexibility index (Phi) is 3.57. The van der Waals surface area contributed by atoms with Crippen LogP contribution in [0.4, 0.5) is 13.2 Å². The highest BCUT2D eigenvalue weighted by Gasteiger charge is 2.31. The molecule has 0 spiro atoms. The van der Waals surface area contributed by atoms with Gasteiger partial charge in [0.15, 0.2) is 0 Å². The zero-order valence-corrected chi connectivity index (χ0v) is 10.2. The third-order valence-corrected chi connectivity index (χ3v) is 2.75. The zero-order chi connectivity index (χ0) is 14.0. The molecule has 0 saturated heterocycles. The lowest BCUT2D eigenvalue weighted by Crippen LogP contribution is -2.17. The van der Waals surface area contributed by atoms with Crippen LogP contribution in [0.15, 0.2) is 42.5 Å². The summed E-state index contributed by atoms with van der Waals surface area (Å²) < 4.78 is 40.2. The maximum absolute atomic E-state index is 12.1.